The Labute approximate surface area is 129 Å². The fraction of sp³-hybridized carbons (Fsp3) is 0.150. The quantitative estimate of drug-likeness (QED) is 0.467. The Morgan fingerprint density at radius 1 is 0.864 bits per heavy atom. The molecule has 0 bridgehead atoms. The second-order valence-corrected chi connectivity index (χ2v) is 5.88. The van der Waals surface area contributed by atoms with Crippen LogP contribution in [0.2, 0.25) is 0 Å². The number of nitrogens with zero attached hydrogens (tertiary/aromatic N) is 1. The van der Waals surface area contributed by atoms with Gasteiger partial charge in [0, 0.05) is 17.1 Å². The standard InChI is InChI=1S/C20H17NO/c1-13(2)15-9-6-10-17-18-20(22-19(15)17)16(11-12-21-18)14-7-4-3-5-8-14/h3-13H,1-2H3. The number of hydrogen-bond donors (Lipinski definition) is 0. The molecule has 0 fully saturated rings. The number of benzene rings is 2. The molecule has 2 aromatic carbocycles. The first kappa shape index (κ1) is 13.1. The fourth-order valence-corrected chi connectivity index (χ4v) is 3.00. The number of fused-ring (bicyclic) bond motifs is 3. The van der Waals surface area contributed by atoms with E-state index in [-0.39, 0.29) is 0 Å². The zero-order valence-corrected chi connectivity index (χ0v) is 12.7. The highest BCUT2D eigenvalue weighted by atomic mass is 16.3. The molecule has 0 N–H and O–H groups in total. The van der Waals surface area contributed by atoms with Gasteiger partial charge in [-0.2, -0.15) is 0 Å². The maximum atomic E-state index is 6.27. The molecule has 2 aromatic heterocycles. The van der Waals surface area contributed by atoms with Crippen molar-refractivity contribution in [1.82, 2.24) is 4.98 Å². The fourth-order valence-electron chi connectivity index (χ4n) is 3.00. The Kier molecular flexibility index (Phi) is 2.97. The summed E-state index contributed by atoms with van der Waals surface area (Å²) in [6.07, 6.45) is 1.86. The smallest absolute Gasteiger partial charge is 0.161 e. The van der Waals surface area contributed by atoms with Crippen LogP contribution in [0.4, 0.5) is 0 Å². The summed E-state index contributed by atoms with van der Waals surface area (Å²) in [5.74, 6) is 0.421. The molecule has 0 aliphatic heterocycles. The number of pyridine rings is 1. The van der Waals surface area contributed by atoms with Gasteiger partial charge >= 0.3 is 0 Å². The molecule has 0 atom stereocenters. The summed E-state index contributed by atoms with van der Waals surface area (Å²) in [6, 6.07) is 18.7. The van der Waals surface area contributed by atoms with Crippen LogP contribution in [0.25, 0.3) is 33.2 Å². The summed E-state index contributed by atoms with van der Waals surface area (Å²) in [5, 5.41) is 1.10. The van der Waals surface area contributed by atoms with Crippen molar-refractivity contribution < 1.29 is 4.42 Å². The van der Waals surface area contributed by atoms with Gasteiger partial charge in [0.1, 0.15) is 11.1 Å². The van der Waals surface area contributed by atoms with Gasteiger partial charge in [-0.3, -0.25) is 4.98 Å². The molecule has 0 radical (unpaired) electrons. The molecular weight excluding hydrogens is 270 g/mol. The first-order chi connectivity index (χ1) is 10.8. The van der Waals surface area contributed by atoms with E-state index < -0.39 is 0 Å². The van der Waals surface area contributed by atoms with E-state index in [1.54, 1.807) is 0 Å². The van der Waals surface area contributed by atoms with E-state index in [9.17, 15) is 0 Å². The van der Waals surface area contributed by atoms with Crippen LogP contribution in [-0.2, 0) is 0 Å². The molecule has 0 aliphatic carbocycles. The predicted molar refractivity (Wildman–Crippen MR) is 91.0 cm³/mol. The summed E-state index contributed by atoms with van der Waals surface area (Å²) in [7, 11) is 0. The molecule has 0 aliphatic rings. The van der Waals surface area contributed by atoms with E-state index in [4.69, 9.17) is 4.42 Å². The van der Waals surface area contributed by atoms with Gasteiger partial charge in [0.2, 0.25) is 0 Å². The van der Waals surface area contributed by atoms with Crippen LogP contribution in [0.1, 0.15) is 25.3 Å². The second-order valence-electron chi connectivity index (χ2n) is 5.88. The molecule has 0 saturated carbocycles. The van der Waals surface area contributed by atoms with Crippen molar-refractivity contribution in [3.63, 3.8) is 0 Å². The van der Waals surface area contributed by atoms with Crippen LogP contribution >= 0.6 is 0 Å². The lowest BCUT2D eigenvalue weighted by Gasteiger charge is -2.04. The second kappa shape index (κ2) is 4.99. The summed E-state index contributed by atoms with van der Waals surface area (Å²) in [5.41, 5.74) is 6.25. The SMILES string of the molecule is CC(C)c1cccc2c1oc1c(-c3ccccc3)ccnc12. The minimum absolute atomic E-state index is 0.421. The van der Waals surface area contributed by atoms with Gasteiger partial charge in [-0.25, -0.2) is 0 Å². The van der Waals surface area contributed by atoms with Crippen LogP contribution in [0.3, 0.4) is 0 Å². The Bertz CT molecular complexity index is 951. The van der Waals surface area contributed by atoms with Gasteiger partial charge in [-0.05, 0) is 29.2 Å². The first-order valence-corrected chi connectivity index (χ1v) is 7.61. The van der Waals surface area contributed by atoms with E-state index in [0.29, 0.717) is 5.92 Å². The van der Waals surface area contributed by atoms with Crippen molar-refractivity contribution in [3.05, 3.63) is 66.4 Å². The molecule has 4 aromatic rings. The summed E-state index contributed by atoms with van der Waals surface area (Å²) in [6.45, 7) is 4.38. The van der Waals surface area contributed by atoms with Crippen molar-refractivity contribution in [2.45, 2.75) is 19.8 Å². The highest BCUT2D eigenvalue weighted by Gasteiger charge is 2.16. The van der Waals surface area contributed by atoms with E-state index in [0.717, 1.165) is 33.2 Å². The number of aromatic nitrogens is 1. The van der Waals surface area contributed by atoms with Gasteiger partial charge in [0.25, 0.3) is 0 Å². The van der Waals surface area contributed by atoms with Crippen LogP contribution < -0.4 is 0 Å². The zero-order valence-electron chi connectivity index (χ0n) is 12.7. The normalized spacial score (nSPS) is 11.6. The minimum Gasteiger partial charge on any atom is -0.453 e. The molecule has 0 unspecified atom stereocenters. The van der Waals surface area contributed by atoms with Crippen molar-refractivity contribution in [2.75, 3.05) is 0 Å². The van der Waals surface area contributed by atoms with Crippen molar-refractivity contribution in [3.8, 4) is 11.1 Å². The lowest BCUT2D eigenvalue weighted by atomic mass is 10.0. The predicted octanol–water partition coefficient (Wildman–Crippen LogP) is 5.77. The van der Waals surface area contributed by atoms with Gasteiger partial charge < -0.3 is 4.42 Å². The van der Waals surface area contributed by atoms with Gasteiger partial charge in [-0.15, -0.1) is 0 Å². The zero-order chi connectivity index (χ0) is 15.1. The molecule has 2 heterocycles. The van der Waals surface area contributed by atoms with Gasteiger partial charge in [0.15, 0.2) is 5.58 Å². The van der Waals surface area contributed by atoms with Gasteiger partial charge in [0.05, 0.1) is 0 Å². The average molecular weight is 287 g/mol. The molecule has 108 valence electrons. The monoisotopic (exact) mass is 287 g/mol. The Balaban J connectivity index is 2.10. The first-order valence-electron chi connectivity index (χ1n) is 7.61. The van der Waals surface area contributed by atoms with Gasteiger partial charge in [-0.1, -0.05) is 56.3 Å². The third kappa shape index (κ3) is 1.92. The highest BCUT2D eigenvalue weighted by Crippen LogP contribution is 2.37. The maximum absolute atomic E-state index is 6.27. The molecule has 2 heteroatoms. The lowest BCUT2D eigenvalue weighted by Crippen LogP contribution is -1.86. The van der Waals surface area contributed by atoms with E-state index >= 15 is 0 Å². The van der Waals surface area contributed by atoms with Crippen LogP contribution in [0, 0.1) is 0 Å². The van der Waals surface area contributed by atoms with E-state index in [1.807, 2.05) is 30.5 Å². The van der Waals surface area contributed by atoms with E-state index in [1.165, 1.54) is 5.56 Å². The molecule has 4 rings (SSSR count). The largest absolute Gasteiger partial charge is 0.453 e. The van der Waals surface area contributed by atoms with Crippen molar-refractivity contribution in [1.29, 1.82) is 0 Å². The summed E-state index contributed by atoms with van der Waals surface area (Å²) < 4.78 is 6.27. The third-order valence-electron chi connectivity index (χ3n) is 4.12. The molecule has 22 heavy (non-hydrogen) atoms. The van der Waals surface area contributed by atoms with Crippen LogP contribution in [0.15, 0.2) is 65.2 Å². The van der Waals surface area contributed by atoms with Crippen molar-refractivity contribution in [2.24, 2.45) is 0 Å². The summed E-state index contributed by atoms with van der Waals surface area (Å²) in [4.78, 5) is 4.56. The molecule has 2 nitrogen and oxygen atoms in total. The average Bonchev–Trinajstić information content (AvgIpc) is 2.94. The van der Waals surface area contributed by atoms with Crippen LogP contribution in [-0.4, -0.2) is 4.98 Å². The van der Waals surface area contributed by atoms with Crippen LogP contribution in [0.5, 0.6) is 0 Å². The topological polar surface area (TPSA) is 26.0 Å². The lowest BCUT2D eigenvalue weighted by molar-refractivity contribution is 0.657. The molecule has 0 amide bonds. The summed E-state index contributed by atoms with van der Waals surface area (Å²) >= 11 is 0. The Morgan fingerprint density at radius 2 is 1.68 bits per heavy atom. The number of hydrogen-bond acceptors (Lipinski definition) is 2. The molecular formula is C20H17NO. The Morgan fingerprint density at radius 3 is 2.45 bits per heavy atom. The minimum atomic E-state index is 0.421. The maximum Gasteiger partial charge on any atom is 0.161 e. The number of para-hydroxylation sites is 1. The highest BCUT2D eigenvalue weighted by molar-refractivity contribution is 6.08. The number of furan rings is 1. The third-order valence-corrected chi connectivity index (χ3v) is 4.12. The molecule has 0 saturated heterocycles. The number of rotatable bonds is 2. The Hall–Kier alpha value is -2.61. The molecule has 0 spiro atoms. The van der Waals surface area contributed by atoms with Crippen molar-refractivity contribution >= 4 is 22.1 Å². The van der Waals surface area contributed by atoms with E-state index in [2.05, 4.69) is 49.2 Å².